The van der Waals surface area contributed by atoms with Crippen LogP contribution in [0, 0.1) is 17.8 Å². The molecule has 0 N–H and O–H groups in total. The molecule has 4 fully saturated rings. The molecular formula is C24H27NO. The zero-order valence-corrected chi connectivity index (χ0v) is 15.3. The number of rotatable bonds is 5. The van der Waals surface area contributed by atoms with Gasteiger partial charge in [0.15, 0.2) is 0 Å². The van der Waals surface area contributed by atoms with Gasteiger partial charge in [-0.15, -0.1) is 0 Å². The lowest BCUT2D eigenvalue weighted by Crippen LogP contribution is -2.60. The van der Waals surface area contributed by atoms with Gasteiger partial charge in [0.05, 0.1) is 12.7 Å². The Labute approximate surface area is 156 Å². The van der Waals surface area contributed by atoms with E-state index >= 15 is 0 Å². The average molecular weight is 345 g/mol. The lowest BCUT2D eigenvalue weighted by Gasteiger charge is -2.55. The maximum Gasteiger partial charge on any atom is 0.0720 e. The molecule has 2 unspecified atom stereocenters. The largest absolute Gasteiger partial charge is 0.373 e. The Kier molecular flexibility index (Phi) is 4.40. The zero-order valence-electron chi connectivity index (χ0n) is 15.3. The highest BCUT2D eigenvalue weighted by molar-refractivity contribution is 5.69. The molecule has 0 amide bonds. The minimum absolute atomic E-state index is 0.487. The summed E-state index contributed by atoms with van der Waals surface area (Å²) in [6, 6.07) is 19.3. The molecule has 0 spiro atoms. The Morgan fingerprint density at radius 2 is 1.46 bits per heavy atom. The van der Waals surface area contributed by atoms with Crippen LogP contribution in [0.15, 0.2) is 54.6 Å². The first-order chi connectivity index (χ1) is 12.8. The molecule has 2 atom stereocenters. The van der Waals surface area contributed by atoms with E-state index in [0.29, 0.717) is 6.10 Å². The van der Waals surface area contributed by atoms with Crippen LogP contribution in [0.1, 0.15) is 29.5 Å². The zero-order chi connectivity index (χ0) is 17.3. The van der Waals surface area contributed by atoms with Crippen LogP contribution in [0.4, 0.5) is 0 Å². The third kappa shape index (κ3) is 3.36. The van der Waals surface area contributed by atoms with Gasteiger partial charge in [-0.1, -0.05) is 66.7 Å². The topological polar surface area (TPSA) is 12.5 Å². The van der Waals surface area contributed by atoms with E-state index in [4.69, 9.17) is 4.74 Å². The van der Waals surface area contributed by atoms with Crippen molar-refractivity contribution in [3.05, 3.63) is 71.3 Å². The van der Waals surface area contributed by atoms with E-state index in [2.05, 4.69) is 65.6 Å². The number of hydrogen-bond donors (Lipinski definition) is 0. The minimum atomic E-state index is 0.487. The van der Waals surface area contributed by atoms with Crippen LogP contribution in [-0.2, 0) is 11.3 Å². The lowest BCUT2D eigenvalue weighted by molar-refractivity contribution is -0.144. The van der Waals surface area contributed by atoms with Gasteiger partial charge >= 0.3 is 0 Å². The molecular weight excluding hydrogens is 318 g/mol. The van der Waals surface area contributed by atoms with Gasteiger partial charge in [0, 0.05) is 19.6 Å². The molecule has 3 saturated heterocycles. The normalized spacial score (nSPS) is 32.4. The highest BCUT2D eigenvalue weighted by atomic mass is 16.5. The van der Waals surface area contributed by atoms with Crippen LogP contribution < -0.4 is 0 Å². The molecule has 2 aromatic rings. The highest BCUT2D eigenvalue weighted by Gasteiger charge is 2.47. The molecule has 3 heterocycles. The summed E-state index contributed by atoms with van der Waals surface area (Å²) >= 11 is 0. The molecule has 2 nitrogen and oxygen atoms in total. The number of nitrogens with zero attached hydrogens (tertiary/aromatic N) is 1. The van der Waals surface area contributed by atoms with Gasteiger partial charge in [-0.2, -0.15) is 0 Å². The smallest absolute Gasteiger partial charge is 0.0720 e. The lowest BCUT2D eigenvalue weighted by atomic mass is 9.66. The first-order valence-corrected chi connectivity index (χ1v) is 9.99. The van der Waals surface area contributed by atoms with Crippen molar-refractivity contribution in [1.82, 2.24) is 4.90 Å². The van der Waals surface area contributed by atoms with E-state index in [9.17, 15) is 0 Å². The predicted molar refractivity (Wildman–Crippen MR) is 107 cm³/mol. The van der Waals surface area contributed by atoms with Crippen molar-refractivity contribution in [2.75, 3.05) is 19.6 Å². The van der Waals surface area contributed by atoms with E-state index in [0.717, 1.165) is 24.4 Å². The van der Waals surface area contributed by atoms with Crippen molar-refractivity contribution in [3.63, 3.8) is 0 Å². The summed E-state index contributed by atoms with van der Waals surface area (Å²) in [5.41, 5.74) is 3.76. The molecule has 134 valence electrons. The number of hydrogen-bond acceptors (Lipinski definition) is 2. The molecule has 1 saturated carbocycles. The standard InChI is InChI=1S/C24H27NO/c1-2-4-18(5-3-1)6-7-19-8-10-20(11-9-19)17-26-24-22-12-21-13-23(24)16-25(14-21)15-22/h1-11,21-24H,12-17H2/b7-6+. The first kappa shape index (κ1) is 16.3. The van der Waals surface area contributed by atoms with Gasteiger partial charge in [-0.05, 0) is 47.3 Å². The summed E-state index contributed by atoms with van der Waals surface area (Å²) in [5.74, 6) is 2.49. The van der Waals surface area contributed by atoms with Crippen LogP contribution in [0.25, 0.3) is 12.2 Å². The van der Waals surface area contributed by atoms with Crippen LogP contribution in [0.2, 0.25) is 0 Å². The summed E-state index contributed by atoms with van der Waals surface area (Å²) in [6.07, 6.45) is 7.60. The molecule has 0 aromatic heterocycles. The fourth-order valence-electron chi connectivity index (χ4n) is 5.31. The molecule has 26 heavy (non-hydrogen) atoms. The predicted octanol–water partition coefficient (Wildman–Crippen LogP) is 4.71. The maximum atomic E-state index is 6.43. The van der Waals surface area contributed by atoms with Crippen LogP contribution >= 0.6 is 0 Å². The van der Waals surface area contributed by atoms with E-state index < -0.39 is 0 Å². The van der Waals surface area contributed by atoms with Crippen molar-refractivity contribution in [2.24, 2.45) is 17.8 Å². The summed E-state index contributed by atoms with van der Waals surface area (Å²) in [5, 5.41) is 0. The minimum Gasteiger partial charge on any atom is -0.373 e. The fraction of sp³-hybridized carbons (Fsp3) is 0.417. The van der Waals surface area contributed by atoms with Gasteiger partial charge in [0.25, 0.3) is 0 Å². The van der Waals surface area contributed by atoms with Crippen LogP contribution in [-0.4, -0.2) is 30.6 Å². The Hall–Kier alpha value is -1.90. The van der Waals surface area contributed by atoms with Gasteiger partial charge in [-0.25, -0.2) is 0 Å². The van der Waals surface area contributed by atoms with Gasteiger partial charge in [0.2, 0.25) is 0 Å². The summed E-state index contributed by atoms with van der Waals surface area (Å²) in [4.78, 5) is 2.67. The van der Waals surface area contributed by atoms with Crippen molar-refractivity contribution >= 4 is 12.2 Å². The van der Waals surface area contributed by atoms with Crippen LogP contribution in [0.5, 0.6) is 0 Å². The first-order valence-electron chi connectivity index (χ1n) is 9.99. The second-order valence-electron chi connectivity index (χ2n) is 8.34. The van der Waals surface area contributed by atoms with E-state index in [1.165, 1.54) is 49.2 Å². The number of piperidine rings is 3. The number of ether oxygens (including phenoxy) is 1. The third-order valence-corrected chi connectivity index (χ3v) is 6.39. The molecule has 2 aromatic carbocycles. The Morgan fingerprint density at radius 3 is 2.12 bits per heavy atom. The SMILES string of the molecule is C(=C\c1ccc(COC2C3CC4CC2CN(C4)C3)cc1)/c1ccccc1. The van der Waals surface area contributed by atoms with Crippen molar-refractivity contribution < 1.29 is 4.74 Å². The quantitative estimate of drug-likeness (QED) is 0.728. The maximum absolute atomic E-state index is 6.43. The second-order valence-corrected chi connectivity index (χ2v) is 8.34. The molecule has 0 radical (unpaired) electrons. The van der Waals surface area contributed by atoms with Gasteiger partial charge < -0.3 is 9.64 Å². The second kappa shape index (κ2) is 7.02. The van der Waals surface area contributed by atoms with Gasteiger partial charge in [-0.3, -0.25) is 0 Å². The Bertz CT molecular complexity index is 737. The summed E-state index contributed by atoms with van der Waals surface area (Å²) in [7, 11) is 0. The highest BCUT2D eigenvalue weighted by Crippen LogP contribution is 2.44. The van der Waals surface area contributed by atoms with E-state index in [1.54, 1.807) is 0 Å². The van der Waals surface area contributed by atoms with Crippen molar-refractivity contribution in [3.8, 4) is 0 Å². The van der Waals surface area contributed by atoms with Crippen LogP contribution in [0.3, 0.4) is 0 Å². The number of benzene rings is 2. The molecule has 6 rings (SSSR count). The third-order valence-electron chi connectivity index (χ3n) is 6.39. The molecule has 4 bridgehead atoms. The Morgan fingerprint density at radius 1 is 0.808 bits per heavy atom. The monoisotopic (exact) mass is 345 g/mol. The molecule has 3 aliphatic heterocycles. The van der Waals surface area contributed by atoms with E-state index in [1.807, 2.05) is 6.07 Å². The summed E-state index contributed by atoms with van der Waals surface area (Å²) in [6.45, 7) is 4.63. The molecule has 1 aliphatic carbocycles. The van der Waals surface area contributed by atoms with E-state index in [-0.39, 0.29) is 0 Å². The average Bonchev–Trinajstić information content (AvgIpc) is 2.67. The Balaban J connectivity index is 1.19. The molecule has 4 aliphatic rings. The van der Waals surface area contributed by atoms with Gasteiger partial charge in [0.1, 0.15) is 0 Å². The molecule has 2 heteroatoms. The van der Waals surface area contributed by atoms with Crippen molar-refractivity contribution in [1.29, 1.82) is 0 Å². The van der Waals surface area contributed by atoms with Crippen molar-refractivity contribution in [2.45, 2.75) is 25.6 Å². The fourth-order valence-corrected chi connectivity index (χ4v) is 5.31. The summed E-state index contributed by atoms with van der Waals surface area (Å²) < 4.78 is 6.43.